The maximum absolute atomic E-state index is 11.6. The van der Waals surface area contributed by atoms with Gasteiger partial charge in [-0.05, 0) is 49.8 Å². The molecule has 0 radical (unpaired) electrons. The molecule has 0 unspecified atom stereocenters. The Hall–Kier alpha value is -0.260. The first-order valence-electron chi connectivity index (χ1n) is 4.71. The first-order chi connectivity index (χ1) is 6.38. The van der Waals surface area contributed by atoms with E-state index >= 15 is 0 Å². The van der Waals surface area contributed by atoms with E-state index in [1.165, 1.54) is 3.58 Å². The van der Waals surface area contributed by atoms with Crippen molar-refractivity contribution < 1.29 is 9.53 Å². The van der Waals surface area contributed by atoms with E-state index < -0.39 is 5.60 Å². The number of ether oxygens (including phenoxy) is 1. The fraction of sp³-hybridized carbons (Fsp3) is 0.700. The Morgan fingerprint density at radius 3 is 2.71 bits per heavy atom. The third-order valence-corrected chi connectivity index (χ3v) is 2.54. The van der Waals surface area contributed by atoms with Crippen LogP contribution in [0.1, 0.15) is 27.2 Å². The van der Waals surface area contributed by atoms with Crippen LogP contribution in [-0.2, 0) is 4.74 Å². The Morgan fingerprint density at radius 1 is 1.57 bits per heavy atom. The van der Waals surface area contributed by atoms with E-state index in [1.54, 1.807) is 4.90 Å². The molecule has 0 aliphatic carbocycles. The maximum atomic E-state index is 11.6. The molecule has 0 aromatic carbocycles. The van der Waals surface area contributed by atoms with Gasteiger partial charge in [0.25, 0.3) is 0 Å². The van der Waals surface area contributed by atoms with Crippen molar-refractivity contribution in [2.75, 3.05) is 13.1 Å². The van der Waals surface area contributed by atoms with E-state index in [-0.39, 0.29) is 6.09 Å². The Morgan fingerprint density at radius 2 is 2.21 bits per heavy atom. The summed E-state index contributed by atoms with van der Waals surface area (Å²) >= 11 is 2.25. The minimum atomic E-state index is -0.399. The third-order valence-electron chi connectivity index (χ3n) is 1.76. The van der Waals surface area contributed by atoms with Crippen LogP contribution in [0.25, 0.3) is 0 Å². The van der Waals surface area contributed by atoms with Crippen LogP contribution in [0.15, 0.2) is 9.66 Å². The number of hydrogen-bond acceptors (Lipinski definition) is 2. The van der Waals surface area contributed by atoms with E-state index in [9.17, 15) is 4.79 Å². The molecule has 0 saturated carbocycles. The van der Waals surface area contributed by atoms with Gasteiger partial charge in [0.1, 0.15) is 5.60 Å². The fourth-order valence-electron chi connectivity index (χ4n) is 1.19. The number of hydrogen-bond donors (Lipinski definition) is 0. The van der Waals surface area contributed by atoms with Gasteiger partial charge in [-0.25, -0.2) is 4.79 Å². The molecular weight excluding hydrogens is 293 g/mol. The fourth-order valence-corrected chi connectivity index (χ4v) is 1.91. The van der Waals surface area contributed by atoms with Crippen LogP contribution in [-0.4, -0.2) is 29.7 Å². The van der Waals surface area contributed by atoms with Crippen LogP contribution in [0.3, 0.4) is 0 Å². The number of carbonyl (C=O) groups is 1. The monoisotopic (exact) mass is 309 g/mol. The lowest BCUT2D eigenvalue weighted by Gasteiger charge is -2.29. The van der Waals surface area contributed by atoms with Crippen molar-refractivity contribution >= 4 is 28.7 Å². The highest BCUT2D eigenvalue weighted by Crippen LogP contribution is 2.18. The molecule has 0 fully saturated rings. The predicted molar refractivity (Wildman–Crippen MR) is 64.5 cm³/mol. The van der Waals surface area contributed by atoms with Gasteiger partial charge in [0.05, 0.1) is 6.54 Å². The number of carbonyl (C=O) groups excluding carboxylic acids is 1. The molecule has 1 heterocycles. The molecule has 0 aromatic heterocycles. The highest BCUT2D eigenvalue weighted by molar-refractivity contribution is 14.1. The lowest BCUT2D eigenvalue weighted by molar-refractivity contribution is 0.0267. The Balaban J connectivity index is 2.50. The predicted octanol–water partition coefficient (Wildman–Crippen LogP) is 2.95. The summed E-state index contributed by atoms with van der Waals surface area (Å²) in [5, 5.41) is 0. The molecule has 1 aliphatic rings. The molecule has 1 amide bonds. The summed E-state index contributed by atoms with van der Waals surface area (Å²) in [7, 11) is 0. The van der Waals surface area contributed by atoms with Crippen LogP contribution < -0.4 is 0 Å². The quantitative estimate of drug-likeness (QED) is 0.644. The van der Waals surface area contributed by atoms with Crippen molar-refractivity contribution in [2.24, 2.45) is 0 Å². The zero-order valence-corrected chi connectivity index (χ0v) is 11.0. The van der Waals surface area contributed by atoms with Crippen LogP contribution in [0, 0.1) is 0 Å². The molecule has 0 aromatic rings. The number of halogens is 1. The second-order valence-electron chi connectivity index (χ2n) is 4.34. The average Bonchev–Trinajstić information content (AvgIpc) is 2.01. The molecular formula is C10H16INO2. The van der Waals surface area contributed by atoms with Gasteiger partial charge in [-0.1, -0.05) is 6.08 Å². The topological polar surface area (TPSA) is 29.5 Å². The first kappa shape index (κ1) is 11.8. The number of amides is 1. The highest BCUT2D eigenvalue weighted by Gasteiger charge is 2.23. The summed E-state index contributed by atoms with van der Waals surface area (Å²) in [5.41, 5.74) is -0.399. The van der Waals surface area contributed by atoms with Gasteiger partial charge in [0, 0.05) is 10.1 Å². The maximum Gasteiger partial charge on any atom is 0.410 e. The smallest absolute Gasteiger partial charge is 0.410 e. The van der Waals surface area contributed by atoms with Gasteiger partial charge in [0.2, 0.25) is 0 Å². The summed E-state index contributed by atoms with van der Waals surface area (Å²) in [5.74, 6) is 0. The summed E-state index contributed by atoms with van der Waals surface area (Å²) in [4.78, 5) is 13.4. The normalized spacial score (nSPS) is 17.7. The molecule has 14 heavy (non-hydrogen) atoms. The number of rotatable bonds is 0. The van der Waals surface area contributed by atoms with E-state index in [1.807, 2.05) is 20.8 Å². The van der Waals surface area contributed by atoms with Crippen LogP contribution >= 0.6 is 22.6 Å². The molecule has 1 rings (SSSR count). The zero-order valence-electron chi connectivity index (χ0n) is 8.84. The Kier molecular flexibility index (Phi) is 3.80. The van der Waals surface area contributed by atoms with Gasteiger partial charge < -0.3 is 9.64 Å². The molecule has 0 bridgehead atoms. The average molecular weight is 309 g/mol. The minimum absolute atomic E-state index is 0.209. The van der Waals surface area contributed by atoms with Gasteiger partial charge in [0.15, 0.2) is 0 Å². The van der Waals surface area contributed by atoms with Gasteiger partial charge in [-0.3, -0.25) is 0 Å². The molecule has 0 spiro atoms. The van der Waals surface area contributed by atoms with Crippen molar-refractivity contribution in [1.29, 1.82) is 0 Å². The molecule has 0 atom stereocenters. The lowest BCUT2D eigenvalue weighted by Crippen LogP contribution is -2.39. The van der Waals surface area contributed by atoms with Gasteiger partial charge in [-0.2, -0.15) is 0 Å². The summed E-state index contributed by atoms with van der Waals surface area (Å²) < 4.78 is 6.49. The van der Waals surface area contributed by atoms with Crippen molar-refractivity contribution in [1.82, 2.24) is 4.90 Å². The van der Waals surface area contributed by atoms with E-state index in [0.717, 1.165) is 13.0 Å². The Labute approximate surface area is 98.6 Å². The van der Waals surface area contributed by atoms with E-state index in [2.05, 4.69) is 28.7 Å². The zero-order chi connectivity index (χ0) is 10.8. The van der Waals surface area contributed by atoms with Crippen molar-refractivity contribution in [3.8, 4) is 0 Å². The molecule has 4 heteroatoms. The summed E-state index contributed by atoms with van der Waals surface area (Å²) in [6.07, 6.45) is 2.87. The second kappa shape index (κ2) is 4.51. The lowest BCUT2D eigenvalue weighted by atomic mass is 10.2. The molecule has 0 N–H and O–H groups in total. The van der Waals surface area contributed by atoms with Crippen molar-refractivity contribution in [3.63, 3.8) is 0 Å². The highest BCUT2D eigenvalue weighted by atomic mass is 127. The van der Waals surface area contributed by atoms with Gasteiger partial charge >= 0.3 is 6.09 Å². The van der Waals surface area contributed by atoms with Crippen LogP contribution in [0.2, 0.25) is 0 Å². The molecule has 0 saturated heterocycles. The van der Waals surface area contributed by atoms with Crippen LogP contribution in [0.4, 0.5) is 4.79 Å². The standard InChI is InChI=1S/C10H16INO2/c1-10(2,3)14-9(13)12-6-4-5-8(11)7-12/h5H,4,6-7H2,1-3H3. The largest absolute Gasteiger partial charge is 0.444 e. The molecule has 80 valence electrons. The number of nitrogens with zero attached hydrogens (tertiary/aromatic N) is 1. The summed E-state index contributed by atoms with van der Waals surface area (Å²) in [6, 6.07) is 0. The van der Waals surface area contributed by atoms with E-state index in [4.69, 9.17) is 4.74 Å². The van der Waals surface area contributed by atoms with Crippen molar-refractivity contribution in [3.05, 3.63) is 9.66 Å². The van der Waals surface area contributed by atoms with Crippen molar-refractivity contribution in [2.45, 2.75) is 32.8 Å². The second-order valence-corrected chi connectivity index (χ2v) is 5.73. The van der Waals surface area contributed by atoms with Gasteiger partial charge in [-0.15, -0.1) is 0 Å². The van der Waals surface area contributed by atoms with E-state index in [0.29, 0.717) is 6.54 Å². The van der Waals surface area contributed by atoms with Crippen LogP contribution in [0.5, 0.6) is 0 Å². The molecule has 1 aliphatic heterocycles. The minimum Gasteiger partial charge on any atom is -0.444 e. The SMILES string of the molecule is CC(C)(C)OC(=O)N1CCC=C(I)C1. The Bertz CT molecular complexity index is 255. The molecule has 3 nitrogen and oxygen atoms in total. The summed E-state index contributed by atoms with van der Waals surface area (Å²) in [6.45, 7) is 7.11. The first-order valence-corrected chi connectivity index (χ1v) is 5.79. The third kappa shape index (κ3) is 3.86.